The van der Waals surface area contributed by atoms with Crippen molar-refractivity contribution in [2.75, 3.05) is 5.32 Å². The molecule has 2 atom stereocenters. The minimum Gasteiger partial charge on any atom is -0.380 e. The molecule has 1 aromatic rings. The highest BCUT2D eigenvalue weighted by molar-refractivity contribution is 5.58. The summed E-state index contributed by atoms with van der Waals surface area (Å²) in [6.07, 6.45) is 2.82. The van der Waals surface area contributed by atoms with Gasteiger partial charge in [0.15, 0.2) is 0 Å². The van der Waals surface area contributed by atoms with Gasteiger partial charge in [0.1, 0.15) is 11.9 Å². The molecular weight excluding hydrogens is 217 g/mol. The van der Waals surface area contributed by atoms with Gasteiger partial charge in [0.05, 0.1) is 23.2 Å². The van der Waals surface area contributed by atoms with Crippen LogP contribution < -0.4 is 5.32 Å². The van der Waals surface area contributed by atoms with Crippen molar-refractivity contribution in [3.63, 3.8) is 0 Å². The van der Waals surface area contributed by atoms with E-state index in [1.165, 1.54) is 12.1 Å². The van der Waals surface area contributed by atoms with Crippen molar-refractivity contribution < 1.29 is 4.39 Å². The standard InChI is InChI=1S/C13H12FN3/c14-11-4-5-13(10(6-11)8-16)17-12-3-1-2-9(12)7-15/h4-6,9,12,17H,1-3H2. The van der Waals surface area contributed by atoms with E-state index in [9.17, 15) is 4.39 Å². The maximum Gasteiger partial charge on any atom is 0.124 e. The second-order valence-corrected chi connectivity index (χ2v) is 4.22. The monoisotopic (exact) mass is 229 g/mol. The minimum absolute atomic E-state index is 0.0217. The third-order valence-corrected chi connectivity index (χ3v) is 3.12. The maximum absolute atomic E-state index is 13.0. The number of halogens is 1. The van der Waals surface area contributed by atoms with Gasteiger partial charge in [-0.2, -0.15) is 10.5 Å². The van der Waals surface area contributed by atoms with Gasteiger partial charge in [0.2, 0.25) is 0 Å². The molecule has 1 aliphatic carbocycles. The molecule has 4 heteroatoms. The van der Waals surface area contributed by atoms with Gasteiger partial charge in [0.25, 0.3) is 0 Å². The Bertz CT molecular complexity index is 498. The first kappa shape index (κ1) is 11.4. The predicted molar refractivity (Wildman–Crippen MR) is 61.5 cm³/mol. The zero-order chi connectivity index (χ0) is 12.3. The number of hydrogen-bond acceptors (Lipinski definition) is 3. The lowest BCUT2D eigenvalue weighted by Crippen LogP contribution is -2.23. The zero-order valence-corrected chi connectivity index (χ0v) is 9.28. The smallest absolute Gasteiger partial charge is 0.124 e. The molecule has 3 nitrogen and oxygen atoms in total. The van der Waals surface area contributed by atoms with Crippen molar-refractivity contribution in [1.29, 1.82) is 10.5 Å². The molecule has 1 N–H and O–H groups in total. The molecule has 0 bridgehead atoms. The summed E-state index contributed by atoms with van der Waals surface area (Å²) in [7, 11) is 0. The highest BCUT2D eigenvalue weighted by Crippen LogP contribution is 2.29. The molecule has 86 valence electrons. The molecule has 0 amide bonds. The molecular formula is C13H12FN3. The van der Waals surface area contributed by atoms with E-state index in [-0.39, 0.29) is 17.5 Å². The summed E-state index contributed by atoms with van der Waals surface area (Å²) in [5.74, 6) is -0.443. The third kappa shape index (κ3) is 2.37. The van der Waals surface area contributed by atoms with Crippen molar-refractivity contribution in [2.45, 2.75) is 25.3 Å². The van der Waals surface area contributed by atoms with Crippen molar-refractivity contribution in [2.24, 2.45) is 5.92 Å². The number of nitrogens with one attached hydrogen (secondary N) is 1. The zero-order valence-electron chi connectivity index (χ0n) is 9.28. The Morgan fingerprint density at radius 1 is 1.29 bits per heavy atom. The van der Waals surface area contributed by atoms with Gasteiger partial charge < -0.3 is 5.32 Å². The Morgan fingerprint density at radius 2 is 2.12 bits per heavy atom. The first-order valence-electron chi connectivity index (χ1n) is 5.60. The number of nitriles is 2. The number of nitrogens with zero attached hydrogens (tertiary/aromatic N) is 2. The first-order valence-corrected chi connectivity index (χ1v) is 5.60. The van der Waals surface area contributed by atoms with Crippen LogP contribution in [0.2, 0.25) is 0 Å². The first-order chi connectivity index (χ1) is 8.24. The minimum atomic E-state index is -0.421. The van der Waals surface area contributed by atoms with E-state index in [0.717, 1.165) is 19.3 Å². The second-order valence-electron chi connectivity index (χ2n) is 4.22. The molecule has 1 fully saturated rings. The van der Waals surface area contributed by atoms with Crippen molar-refractivity contribution >= 4 is 5.69 Å². The molecule has 1 aromatic carbocycles. The van der Waals surface area contributed by atoms with Gasteiger partial charge in [-0.15, -0.1) is 0 Å². The maximum atomic E-state index is 13.0. The van der Waals surface area contributed by atoms with Crippen LogP contribution in [0.3, 0.4) is 0 Å². The van der Waals surface area contributed by atoms with Crippen LogP contribution in [0.15, 0.2) is 18.2 Å². The summed E-state index contributed by atoms with van der Waals surface area (Å²) in [4.78, 5) is 0. The summed E-state index contributed by atoms with van der Waals surface area (Å²) in [6, 6.07) is 8.37. The van der Waals surface area contributed by atoms with Gasteiger partial charge in [-0.3, -0.25) is 0 Å². The molecule has 2 rings (SSSR count). The van der Waals surface area contributed by atoms with Crippen molar-refractivity contribution in [3.05, 3.63) is 29.6 Å². The van der Waals surface area contributed by atoms with Crippen molar-refractivity contribution in [1.82, 2.24) is 0 Å². The van der Waals surface area contributed by atoms with Crippen LogP contribution in [0.5, 0.6) is 0 Å². The summed E-state index contributed by atoms with van der Waals surface area (Å²) < 4.78 is 13.0. The fraction of sp³-hybridized carbons (Fsp3) is 0.385. The predicted octanol–water partition coefficient (Wildman–Crippen LogP) is 2.80. The highest BCUT2D eigenvalue weighted by atomic mass is 19.1. The van der Waals surface area contributed by atoms with Gasteiger partial charge in [-0.05, 0) is 37.5 Å². The average Bonchev–Trinajstić information content (AvgIpc) is 2.78. The molecule has 0 spiro atoms. The fourth-order valence-electron chi connectivity index (χ4n) is 2.22. The lowest BCUT2D eigenvalue weighted by atomic mass is 10.0. The highest BCUT2D eigenvalue weighted by Gasteiger charge is 2.27. The number of hydrogen-bond donors (Lipinski definition) is 1. The molecule has 0 aliphatic heterocycles. The Kier molecular flexibility index (Phi) is 3.25. The van der Waals surface area contributed by atoms with Gasteiger partial charge >= 0.3 is 0 Å². The van der Waals surface area contributed by atoms with E-state index < -0.39 is 5.82 Å². The summed E-state index contributed by atoms with van der Waals surface area (Å²) >= 11 is 0. The normalized spacial score (nSPS) is 22.8. The third-order valence-electron chi connectivity index (χ3n) is 3.12. The molecule has 1 aliphatic rings. The van der Waals surface area contributed by atoms with Crippen LogP contribution in [-0.2, 0) is 0 Å². The second kappa shape index (κ2) is 4.84. The SMILES string of the molecule is N#Cc1cc(F)ccc1NC1CCCC1C#N. The summed E-state index contributed by atoms with van der Waals surface area (Å²) in [6.45, 7) is 0. The lowest BCUT2D eigenvalue weighted by Gasteiger charge is -2.17. The molecule has 2 unspecified atom stereocenters. The lowest BCUT2D eigenvalue weighted by molar-refractivity contribution is 0.622. The van der Waals surface area contributed by atoms with E-state index in [1.807, 2.05) is 6.07 Å². The van der Waals surface area contributed by atoms with E-state index in [1.54, 1.807) is 6.07 Å². The van der Waals surface area contributed by atoms with E-state index >= 15 is 0 Å². The molecule has 0 saturated heterocycles. The quantitative estimate of drug-likeness (QED) is 0.848. The molecule has 17 heavy (non-hydrogen) atoms. The summed E-state index contributed by atoms with van der Waals surface area (Å²) in [5, 5.41) is 21.1. The number of rotatable bonds is 2. The van der Waals surface area contributed by atoms with Gasteiger partial charge in [0, 0.05) is 6.04 Å². The van der Waals surface area contributed by atoms with Crippen LogP contribution >= 0.6 is 0 Å². The molecule has 0 aromatic heterocycles. The van der Waals surface area contributed by atoms with Crippen LogP contribution in [0.1, 0.15) is 24.8 Å². The topological polar surface area (TPSA) is 59.6 Å². The fourth-order valence-corrected chi connectivity index (χ4v) is 2.22. The Hall–Kier alpha value is -2.07. The van der Waals surface area contributed by atoms with Crippen LogP contribution in [-0.4, -0.2) is 6.04 Å². The van der Waals surface area contributed by atoms with Crippen LogP contribution in [0.25, 0.3) is 0 Å². The van der Waals surface area contributed by atoms with Crippen molar-refractivity contribution in [3.8, 4) is 12.1 Å². The molecule has 0 radical (unpaired) electrons. The molecule has 1 saturated carbocycles. The average molecular weight is 229 g/mol. The molecule has 0 heterocycles. The number of benzene rings is 1. The summed E-state index contributed by atoms with van der Waals surface area (Å²) in [5.41, 5.74) is 0.898. The van der Waals surface area contributed by atoms with Crippen LogP contribution in [0, 0.1) is 34.4 Å². The van der Waals surface area contributed by atoms with E-state index in [0.29, 0.717) is 5.69 Å². The van der Waals surface area contributed by atoms with Crippen LogP contribution in [0.4, 0.5) is 10.1 Å². The number of anilines is 1. The van der Waals surface area contributed by atoms with E-state index in [4.69, 9.17) is 10.5 Å². The van der Waals surface area contributed by atoms with Gasteiger partial charge in [-0.25, -0.2) is 4.39 Å². The Morgan fingerprint density at radius 3 is 2.82 bits per heavy atom. The Balaban J connectivity index is 2.19. The Labute approximate surface area is 99.5 Å². The largest absolute Gasteiger partial charge is 0.380 e. The van der Waals surface area contributed by atoms with Gasteiger partial charge in [-0.1, -0.05) is 0 Å². The van der Waals surface area contributed by atoms with E-state index in [2.05, 4.69) is 11.4 Å².